The lowest BCUT2D eigenvalue weighted by Crippen LogP contribution is -2.33. The van der Waals surface area contributed by atoms with Gasteiger partial charge < -0.3 is 19.4 Å². The van der Waals surface area contributed by atoms with Gasteiger partial charge in [0.1, 0.15) is 4.32 Å². The SMILES string of the molecule is COc1cccc(/C=C2\SC(=S)N(CCC(=O)[O-])C2=O)c1OC(C)C. The van der Waals surface area contributed by atoms with Gasteiger partial charge in [-0.3, -0.25) is 9.69 Å². The average molecular weight is 380 g/mol. The molecule has 0 saturated carbocycles. The van der Waals surface area contributed by atoms with Gasteiger partial charge >= 0.3 is 0 Å². The monoisotopic (exact) mass is 380 g/mol. The van der Waals surface area contributed by atoms with Crippen LogP contribution in [-0.2, 0) is 9.59 Å². The highest BCUT2D eigenvalue weighted by Crippen LogP contribution is 2.37. The lowest BCUT2D eigenvalue weighted by Gasteiger charge is -2.16. The molecule has 0 unspecified atom stereocenters. The summed E-state index contributed by atoms with van der Waals surface area (Å²) in [7, 11) is 1.55. The van der Waals surface area contributed by atoms with Gasteiger partial charge in [0.15, 0.2) is 11.5 Å². The zero-order valence-electron chi connectivity index (χ0n) is 14.1. The number of nitrogens with zero attached hydrogens (tertiary/aromatic N) is 1. The molecule has 1 aliphatic rings. The van der Waals surface area contributed by atoms with Gasteiger partial charge in [-0.15, -0.1) is 0 Å². The summed E-state index contributed by atoms with van der Waals surface area (Å²) in [5.41, 5.74) is 0.688. The number of carbonyl (C=O) groups excluding carboxylic acids is 2. The van der Waals surface area contributed by atoms with E-state index in [-0.39, 0.29) is 25.0 Å². The minimum absolute atomic E-state index is 0.00218. The van der Waals surface area contributed by atoms with Crippen LogP contribution in [0.3, 0.4) is 0 Å². The molecule has 0 spiro atoms. The van der Waals surface area contributed by atoms with Gasteiger partial charge in [-0.1, -0.05) is 36.1 Å². The lowest BCUT2D eigenvalue weighted by molar-refractivity contribution is -0.305. The van der Waals surface area contributed by atoms with Crippen LogP contribution < -0.4 is 14.6 Å². The molecule has 0 bridgehead atoms. The number of methoxy groups -OCH3 is 1. The van der Waals surface area contributed by atoms with E-state index >= 15 is 0 Å². The Morgan fingerprint density at radius 2 is 2.16 bits per heavy atom. The number of carbonyl (C=O) groups is 2. The number of carboxylic acids is 1. The highest BCUT2D eigenvalue weighted by molar-refractivity contribution is 8.26. The maximum atomic E-state index is 12.5. The maximum absolute atomic E-state index is 12.5. The van der Waals surface area contributed by atoms with Crippen LogP contribution in [0, 0.1) is 0 Å². The van der Waals surface area contributed by atoms with Crippen molar-refractivity contribution >= 4 is 46.3 Å². The first-order valence-electron chi connectivity index (χ1n) is 7.62. The summed E-state index contributed by atoms with van der Waals surface area (Å²) < 4.78 is 11.5. The molecule has 0 N–H and O–H groups in total. The second kappa shape index (κ2) is 8.35. The number of ether oxygens (including phenoxy) is 2. The third-order valence-corrected chi connectivity index (χ3v) is 4.66. The third kappa shape index (κ3) is 4.73. The first-order chi connectivity index (χ1) is 11.8. The molecule has 6 nitrogen and oxygen atoms in total. The van der Waals surface area contributed by atoms with Gasteiger partial charge in [-0.25, -0.2) is 0 Å². The summed E-state index contributed by atoms with van der Waals surface area (Å²) in [6.07, 6.45) is 1.35. The van der Waals surface area contributed by atoms with Crippen molar-refractivity contribution in [1.82, 2.24) is 4.90 Å². The Kier molecular flexibility index (Phi) is 6.44. The van der Waals surface area contributed by atoms with Crippen LogP contribution in [0.4, 0.5) is 0 Å². The first-order valence-corrected chi connectivity index (χ1v) is 8.84. The minimum atomic E-state index is -1.22. The minimum Gasteiger partial charge on any atom is -0.550 e. The Hall–Kier alpha value is -2.06. The molecule has 134 valence electrons. The van der Waals surface area contributed by atoms with Crippen molar-refractivity contribution in [2.75, 3.05) is 13.7 Å². The predicted octanol–water partition coefficient (Wildman–Crippen LogP) is 1.82. The van der Waals surface area contributed by atoms with Crippen molar-refractivity contribution in [2.45, 2.75) is 26.4 Å². The number of carboxylic acid groups (broad SMARTS) is 1. The molecular weight excluding hydrogens is 362 g/mol. The number of para-hydroxylation sites is 1. The number of aliphatic carboxylic acids is 1. The topological polar surface area (TPSA) is 78.9 Å². The fourth-order valence-electron chi connectivity index (χ4n) is 2.21. The van der Waals surface area contributed by atoms with Crippen molar-refractivity contribution in [3.63, 3.8) is 0 Å². The van der Waals surface area contributed by atoms with E-state index in [9.17, 15) is 14.7 Å². The highest BCUT2D eigenvalue weighted by Gasteiger charge is 2.32. The number of hydrogen-bond acceptors (Lipinski definition) is 7. The Labute approximate surface area is 155 Å². The normalized spacial score (nSPS) is 16.0. The van der Waals surface area contributed by atoms with Gasteiger partial charge in [-0.2, -0.15) is 0 Å². The fraction of sp³-hybridized carbons (Fsp3) is 0.353. The van der Waals surface area contributed by atoms with E-state index in [0.29, 0.717) is 26.3 Å². The van der Waals surface area contributed by atoms with Crippen molar-refractivity contribution in [2.24, 2.45) is 0 Å². The summed E-state index contributed by atoms with van der Waals surface area (Å²) >= 11 is 6.30. The summed E-state index contributed by atoms with van der Waals surface area (Å²) in [6.45, 7) is 3.79. The van der Waals surface area contributed by atoms with Crippen LogP contribution in [0.2, 0.25) is 0 Å². The Bertz CT molecular complexity index is 730. The zero-order valence-corrected chi connectivity index (χ0v) is 15.7. The molecule has 0 radical (unpaired) electrons. The van der Waals surface area contributed by atoms with Crippen LogP contribution in [0.5, 0.6) is 11.5 Å². The molecule has 25 heavy (non-hydrogen) atoms. The number of thioether (sulfide) groups is 1. The van der Waals surface area contributed by atoms with Crippen LogP contribution in [-0.4, -0.2) is 40.9 Å². The molecule has 1 aromatic rings. The van der Waals surface area contributed by atoms with Crippen molar-refractivity contribution in [1.29, 1.82) is 0 Å². The molecule has 0 aliphatic carbocycles. The van der Waals surface area contributed by atoms with Crippen molar-refractivity contribution < 1.29 is 24.2 Å². The van der Waals surface area contributed by atoms with E-state index in [0.717, 1.165) is 11.8 Å². The van der Waals surface area contributed by atoms with E-state index in [1.54, 1.807) is 25.3 Å². The molecular formula is C17H18NO5S2-. The molecule has 2 rings (SSSR count). The van der Waals surface area contributed by atoms with Gasteiger partial charge in [0, 0.05) is 24.5 Å². The summed E-state index contributed by atoms with van der Waals surface area (Å²) in [4.78, 5) is 24.8. The number of amides is 1. The molecule has 1 aromatic carbocycles. The lowest BCUT2D eigenvalue weighted by atomic mass is 10.1. The Balaban J connectivity index is 2.33. The molecule has 1 heterocycles. The summed E-state index contributed by atoms with van der Waals surface area (Å²) in [6, 6.07) is 5.39. The molecule has 1 amide bonds. The van der Waals surface area contributed by atoms with Gasteiger partial charge in [0.2, 0.25) is 0 Å². The van der Waals surface area contributed by atoms with E-state index in [2.05, 4.69) is 0 Å². The maximum Gasteiger partial charge on any atom is 0.266 e. The van der Waals surface area contributed by atoms with E-state index in [4.69, 9.17) is 21.7 Å². The molecule has 1 aliphatic heterocycles. The van der Waals surface area contributed by atoms with E-state index < -0.39 is 5.97 Å². The third-order valence-electron chi connectivity index (χ3n) is 3.28. The smallest absolute Gasteiger partial charge is 0.266 e. The van der Waals surface area contributed by atoms with E-state index in [1.165, 1.54) is 4.90 Å². The number of benzene rings is 1. The van der Waals surface area contributed by atoms with Gasteiger partial charge in [-0.05, 0) is 26.0 Å². The quantitative estimate of drug-likeness (QED) is 0.527. The van der Waals surface area contributed by atoms with Crippen molar-refractivity contribution in [3.05, 3.63) is 28.7 Å². The van der Waals surface area contributed by atoms with Crippen LogP contribution in [0.1, 0.15) is 25.8 Å². The average Bonchev–Trinajstić information content (AvgIpc) is 2.80. The van der Waals surface area contributed by atoms with Crippen molar-refractivity contribution in [3.8, 4) is 11.5 Å². The van der Waals surface area contributed by atoms with E-state index in [1.807, 2.05) is 19.9 Å². The summed E-state index contributed by atoms with van der Waals surface area (Å²) in [5.74, 6) is -0.442. The highest BCUT2D eigenvalue weighted by atomic mass is 32.2. The van der Waals surface area contributed by atoms with Gasteiger partial charge in [0.25, 0.3) is 5.91 Å². The molecule has 1 fully saturated rings. The number of rotatable bonds is 7. The molecule has 0 aromatic heterocycles. The zero-order chi connectivity index (χ0) is 18.6. The van der Waals surface area contributed by atoms with Gasteiger partial charge in [0.05, 0.1) is 18.1 Å². The second-order valence-electron chi connectivity index (χ2n) is 5.50. The Morgan fingerprint density at radius 3 is 2.76 bits per heavy atom. The second-order valence-corrected chi connectivity index (χ2v) is 7.18. The first kappa shape index (κ1) is 19.3. The Morgan fingerprint density at radius 1 is 1.44 bits per heavy atom. The summed E-state index contributed by atoms with van der Waals surface area (Å²) in [5, 5.41) is 10.6. The fourth-order valence-corrected chi connectivity index (χ4v) is 3.51. The predicted molar refractivity (Wildman–Crippen MR) is 98.3 cm³/mol. The van der Waals surface area contributed by atoms with Crippen LogP contribution in [0.25, 0.3) is 6.08 Å². The standard InChI is InChI=1S/C17H19NO5S2/c1-10(2)23-15-11(5-4-6-12(15)22-3)9-13-16(21)18(17(24)25-13)8-7-14(19)20/h4-6,9-10H,7-8H2,1-3H3,(H,19,20)/p-1/b13-9-. The van der Waals surface area contributed by atoms with Crippen LogP contribution in [0.15, 0.2) is 23.1 Å². The largest absolute Gasteiger partial charge is 0.550 e. The number of thiocarbonyl (C=S) groups is 1. The molecule has 8 heteroatoms. The number of hydrogen-bond donors (Lipinski definition) is 0. The molecule has 1 saturated heterocycles. The van der Waals surface area contributed by atoms with Crippen LogP contribution >= 0.6 is 24.0 Å². The molecule has 0 atom stereocenters.